The van der Waals surface area contributed by atoms with Crippen LogP contribution in [-0.4, -0.2) is 63.1 Å². The first-order valence-electron chi connectivity index (χ1n) is 14.4. The predicted molar refractivity (Wildman–Crippen MR) is 154 cm³/mol. The number of rotatable bonds is 16. The van der Waals surface area contributed by atoms with E-state index >= 15 is 0 Å². The summed E-state index contributed by atoms with van der Waals surface area (Å²) in [6.45, 7) is 19.4. The van der Waals surface area contributed by atoms with E-state index in [1.165, 1.54) is 0 Å². The summed E-state index contributed by atoms with van der Waals surface area (Å²) in [6, 6.07) is 16.6. The average molecular weight is 557 g/mol. The van der Waals surface area contributed by atoms with Crippen molar-refractivity contribution in [2.45, 2.75) is 96.1 Å². The van der Waals surface area contributed by atoms with Gasteiger partial charge >= 0.3 is 0 Å². The topological polar surface area (TPSA) is 82.2 Å². The van der Waals surface area contributed by atoms with Crippen molar-refractivity contribution in [3.05, 3.63) is 70.8 Å². The zero-order valence-corrected chi connectivity index (χ0v) is 25.5. The monoisotopic (exact) mass is 556 g/mol. The summed E-state index contributed by atoms with van der Waals surface area (Å²) in [7, 11) is 0. The van der Waals surface area contributed by atoms with E-state index in [-0.39, 0.29) is 25.4 Å². The summed E-state index contributed by atoms with van der Waals surface area (Å²) in [5.74, 6) is 0. The zero-order valence-electron chi connectivity index (χ0n) is 25.5. The van der Waals surface area contributed by atoms with Crippen molar-refractivity contribution in [3.8, 4) is 0 Å². The molecule has 2 fully saturated rings. The average Bonchev–Trinajstić information content (AvgIpc) is 3.84. The SMILES string of the molecule is CC(C)(OCC(O)COC(C)(C)c1ccc(C(C)(C)OCC2CO2)cc1)c1ccc(C(C)(C)OCC2CO2)cc1. The number of epoxide rings is 2. The van der Waals surface area contributed by atoms with E-state index in [1.807, 2.05) is 27.7 Å². The van der Waals surface area contributed by atoms with Crippen LogP contribution in [0.2, 0.25) is 0 Å². The van der Waals surface area contributed by atoms with E-state index < -0.39 is 28.5 Å². The molecule has 2 atom stereocenters. The molecule has 7 heteroatoms. The van der Waals surface area contributed by atoms with Crippen molar-refractivity contribution in [3.63, 3.8) is 0 Å². The van der Waals surface area contributed by atoms with Crippen LogP contribution in [0.25, 0.3) is 0 Å². The second-order valence-electron chi connectivity index (χ2n) is 13.0. The number of benzene rings is 2. The Hall–Kier alpha value is -1.84. The fourth-order valence-electron chi connectivity index (χ4n) is 4.47. The molecule has 4 rings (SSSR count). The lowest BCUT2D eigenvalue weighted by atomic mass is 9.92. The number of hydrogen-bond donors (Lipinski definition) is 1. The number of hydrogen-bond acceptors (Lipinski definition) is 7. The van der Waals surface area contributed by atoms with Gasteiger partial charge in [-0.25, -0.2) is 0 Å². The normalized spacial score (nSPS) is 20.4. The third kappa shape index (κ3) is 8.58. The third-order valence-corrected chi connectivity index (χ3v) is 7.89. The third-order valence-electron chi connectivity index (χ3n) is 7.89. The van der Waals surface area contributed by atoms with Crippen LogP contribution in [0.15, 0.2) is 48.5 Å². The smallest absolute Gasteiger partial charge is 0.104 e. The van der Waals surface area contributed by atoms with Gasteiger partial charge in [0, 0.05) is 0 Å². The van der Waals surface area contributed by atoms with E-state index in [1.54, 1.807) is 0 Å². The maximum atomic E-state index is 10.7. The second-order valence-corrected chi connectivity index (χ2v) is 13.0. The molecule has 2 aromatic carbocycles. The van der Waals surface area contributed by atoms with E-state index in [0.717, 1.165) is 35.5 Å². The predicted octanol–water partition coefficient (Wildman–Crippen LogP) is 5.55. The standard InChI is InChI=1S/C33H48O7/c1-30(2,23-9-13-25(14-10-23)32(5,6)39-21-28-19-35-28)37-17-27(34)18-38-31(3,4)24-11-15-26(16-12-24)33(7,8)40-22-29-20-36-29/h9-16,27-29,34H,17-22H2,1-8H3. The Morgan fingerprint density at radius 3 is 1.07 bits per heavy atom. The number of aliphatic hydroxyl groups is 1. The molecule has 0 spiro atoms. The molecule has 2 unspecified atom stereocenters. The Morgan fingerprint density at radius 1 is 0.575 bits per heavy atom. The Balaban J connectivity index is 1.25. The molecule has 0 bridgehead atoms. The molecule has 2 aromatic rings. The molecule has 2 heterocycles. The van der Waals surface area contributed by atoms with Crippen LogP contribution in [-0.2, 0) is 50.8 Å². The van der Waals surface area contributed by atoms with Crippen molar-refractivity contribution < 1.29 is 33.5 Å². The maximum Gasteiger partial charge on any atom is 0.104 e. The summed E-state index contributed by atoms with van der Waals surface area (Å²) in [4.78, 5) is 0. The minimum Gasteiger partial charge on any atom is -0.388 e. The Kier molecular flexibility index (Phi) is 9.47. The van der Waals surface area contributed by atoms with Crippen LogP contribution in [0.3, 0.4) is 0 Å². The van der Waals surface area contributed by atoms with Gasteiger partial charge in [-0.05, 0) is 77.6 Å². The van der Waals surface area contributed by atoms with E-state index in [9.17, 15) is 5.11 Å². The highest BCUT2D eigenvalue weighted by Gasteiger charge is 2.31. The summed E-state index contributed by atoms with van der Waals surface area (Å²) in [6.07, 6.45) is -0.291. The Morgan fingerprint density at radius 2 is 0.825 bits per heavy atom. The Bertz CT molecular complexity index is 993. The van der Waals surface area contributed by atoms with Gasteiger partial charge in [0.1, 0.15) is 18.3 Å². The fraction of sp³-hybridized carbons (Fsp3) is 0.636. The van der Waals surface area contributed by atoms with Crippen LogP contribution < -0.4 is 0 Å². The molecule has 2 aliphatic heterocycles. The second kappa shape index (κ2) is 12.2. The first-order chi connectivity index (χ1) is 18.7. The zero-order chi connectivity index (χ0) is 29.2. The summed E-state index contributed by atoms with van der Waals surface area (Å²) >= 11 is 0. The van der Waals surface area contributed by atoms with Gasteiger partial charge in [0.25, 0.3) is 0 Å². The van der Waals surface area contributed by atoms with Gasteiger partial charge in [-0.1, -0.05) is 48.5 Å². The number of aliphatic hydroxyl groups excluding tert-OH is 1. The molecule has 0 radical (unpaired) electrons. The highest BCUT2D eigenvalue weighted by atomic mass is 16.6. The van der Waals surface area contributed by atoms with Crippen LogP contribution in [0.4, 0.5) is 0 Å². The van der Waals surface area contributed by atoms with Crippen molar-refractivity contribution in [1.82, 2.24) is 0 Å². The summed E-state index contributed by atoms with van der Waals surface area (Å²) in [5, 5.41) is 10.7. The molecule has 1 N–H and O–H groups in total. The molecule has 40 heavy (non-hydrogen) atoms. The highest BCUT2D eigenvalue weighted by molar-refractivity contribution is 5.30. The molecule has 0 saturated carbocycles. The lowest BCUT2D eigenvalue weighted by molar-refractivity contribution is -0.111. The molecule has 0 amide bonds. The molecule has 2 saturated heterocycles. The molecule has 7 nitrogen and oxygen atoms in total. The lowest BCUT2D eigenvalue weighted by Gasteiger charge is -2.31. The van der Waals surface area contributed by atoms with E-state index in [2.05, 4.69) is 76.2 Å². The van der Waals surface area contributed by atoms with Crippen molar-refractivity contribution in [1.29, 1.82) is 0 Å². The van der Waals surface area contributed by atoms with Gasteiger partial charge in [0.15, 0.2) is 0 Å². The minimum atomic E-state index is -0.758. The van der Waals surface area contributed by atoms with Crippen molar-refractivity contribution in [2.75, 3.05) is 39.6 Å². The fourth-order valence-corrected chi connectivity index (χ4v) is 4.47. The van der Waals surface area contributed by atoms with Crippen LogP contribution in [0, 0.1) is 0 Å². The van der Waals surface area contributed by atoms with Gasteiger partial charge in [-0.3, -0.25) is 0 Å². The summed E-state index contributed by atoms with van der Waals surface area (Å²) < 4.78 is 35.0. The lowest BCUT2D eigenvalue weighted by Crippen LogP contribution is -2.33. The van der Waals surface area contributed by atoms with Gasteiger partial charge in [-0.15, -0.1) is 0 Å². The molecule has 0 aliphatic carbocycles. The largest absolute Gasteiger partial charge is 0.388 e. The quantitative estimate of drug-likeness (QED) is 0.271. The van der Waals surface area contributed by atoms with Crippen LogP contribution in [0.1, 0.15) is 77.6 Å². The molecular formula is C33H48O7. The van der Waals surface area contributed by atoms with Crippen LogP contribution >= 0.6 is 0 Å². The van der Waals surface area contributed by atoms with E-state index in [0.29, 0.717) is 13.2 Å². The highest BCUT2D eigenvalue weighted by Crippen LogP contribution is 2.32. The van der Waals surface area contributed by atoms with Crippen LogP contribution in [0.5, 0.6) is 0 Å². The minimum absolute atomic E-state index is 0.163. The van der Waals surface area contributed by atoms with Gasteiger partial charge in [0.2, 0.25) is 0 Å². The molecule has 0 aromatic heterocycles. The first kappa shape index (κ1) is 31.1. The molecular weight excluding hydrogens is 508 g/mol. The summed E-state index contributed by atoms with van der Waals surface area (Å²) in [5.41, 5.74) is 2.32. The molecule has 2 aliphatic rings. The molecule has 222 valence electrons. The Labute approximate surface area is 240 Å². The van der Waals surface area contributed by atoms with Crippen molar-refractivity contribution in [2.24, 2.45) is 0 Å². The number of ether oxygens (including phenoxy) is 6. The van der Waals surface area contributed by atoms with Gasteiger partial charge < -0.3 is 33.5 Å². The van der Waals surface area contributed by atoms with Crippen molar-refractivity contribution >= 4 is 0 Å². The van der Waals surface area contributed by atoms with E-state index in [4.69, 9.17) is 28.4 Å². The maximum absolute atomic E-state index is 10.7. The van der Waals surface area contributed by atoms with Gasteiger partial charge in [0.05, 0.1) is 62.0 Å². The first-order valence-corrected chi connectivity index (χ1v) is 14.4. The van der Waals surface area contributed by atoms with Gasteiger partial charge in [-0.2, -0.15) is 0 Å².